The maximum absolute atomic E-state index is 5.09. The third kappa shape index (κ3) is 8.22. The zero-order valence-electron chi connectivity index (χ0n) is 9.47. The first kappa shape index (κ1) is 12.9. The quantitative estimate of drug-likeness (QED) is 0.571. The van der Waals surface area contributed by atoms with E-state index >= 15 is 0 Å². The molecule has 0 rings (SSSR count). The van der Waals surface area contributed by atoms with Crippen LogP contribution in [0.5, 0.6) is 0 Å². The van der Waals surface area contributed by atoms with E-state index in [2.05, 4.69) is 24.2 Å². The predicted molar refractivity (Wildman–Crippen MR) is 57.1 cm³/mol. The lowest BCUT2D eigenvalue weighted by Crippen LogP contribution is -2.28. The van der Waals surface area contributed by atoms with Crippen molar-refractivity contribution in [3.63, 3.8) is 0 Å². The summed E-state index contributed by atoms with van der Waals surface area (Å²) in [6.45, 7) is 6.46. The standard InChI is InChI=1S/C10H24N2O/c1-10(9-13-4)8-12(3)7-5-6-11-2/h10-11H,5-9H2,1-4H3. The molecule has 3 heteroatoms. The lowest BCUT2D eigenvalue weighted by molar-refractivity contribution is 0.137. The monoisotopic (exact) mass is 188 g/mol. The summed E-state index contributed by atoms with van der Waals surface area (Å²) in [7, 11) is 5.92. The molecule has 0 bridgehead atoms. The number of hydrogen-bond acceptors (Lipinski definition) is 3. The summed E-state index contributed by atoms with van der Waals surface area (Å²) < 4.78 is 5.09. The molecule has 1 unspecified atom stereocenters. The van der Waals surface area contributed by atoms with E-state index in [1.807, 2.05) is 7.05 Å². The van der Waals surface area contributed by atoms with Crippen LogP contribution in [0.4, 0.5) is 0 Å². The normalized spacial score (nSPS) is 13.6. The zero-order valence-corrected chi connectivity index (χ0v) is 9.47. The molecular formula is C10H24N2O. The van der Waals surface area contributed by atoms with Gasteiger partial charge in [-0.25, -0.2) is 0 Å². The van der Waals surface area contributed by atoms with Crippen molar-refractivity contribution < 1.29 is 4.74 Å². The molecule has 0 amide bonds. The molecule has 0 saturated heterocycles. The molecule has 0 fully saturated rings. The van der Waals surface area contributed by atoms with Crippen LogP contribution in [0.25, 0.3) is 0 Å². The molecule has 0 spiro atoms. The zero-order chi connectivity index (χ0) is 10.1. The fourth-order valence-electron chi connectivity index (χ4n) is 1.49. The number of rotatable bonds is 8. The molecule has 80 valence electrons. The molecule has 0 aromatic heterocycles. The van der Waals surface area contributed by atoms with E-state index in [4.69, 9.17) is 4.74 Å². The maximum atomic E-state index is 5.09. The van der Waals surface area contributed by atoms with Crippen LogP contribution >= 0.6 is 0 Å². The molecule has 13 heavy (non-hydrogen) atoms. The van der Waals surface area contributed by atoms with E-state index < -0.39 is 0 Å². The lowest BCUT2D eigenvalue weighted by atomic mass is 10.2. The molecule has 0 aliphatic heterocycles. The van der Waals surface area contributed by atoms with E-state index in [-0.39, 0.29) is 0 Å². The Hall–Kier alpha value is -0.120. The second kappa shape index (κ2) is 8.48. The van der Waals surface area contributed by atoms with Gasteiger partial charge < -0.3 is 15.0 Å². The molecule has 3 nitrogen and oxygen atoms in total. The molecule has 0 radical (unpaired) electrons. The van der Waals surface area contributed by atoms with Crippen molar-refractivity contribution in [2.75, 3.05) is 47.4 Å². The number of hydrogen-bond donors (Lipinski definition) is 1. The molecule has 0 heterocycles. The SMILES string of the molecule is CNCCCN(C)CC(C)COC. The molecule has 1 atom stereocenters. The van der Waals surface area contributed by atoms with Crippen molar-refractivity contribution in [1.82, 2.24) is 10.2 Å². The third-order valence-electron chi connectivity index (χ3n) is 2.04. The first-order valence-electron chi connectivity index (χ1n) is 5.02. The molecule has 0 aromatic carbocycles. The van der Waals surface area contributed by atoms with Crippen LogP contribution in [0, 0.1) is 5.92 Å². The van der Waals surface area contributed by atoms with Crippen LogP contribution in [-0.4, -0.2) is 52.3 Å². The molecule has 0 aliphatic rings. The highest BCUT2D eigenvalue weighted by Crippen LogP contribution is 1.98. The maximum Gasteiger partial charge on any atom is 0.0500 e. The summed E-state index contributed by atoms with van der Waals surface area (Å²) in [4.78, 5) is 2.36. The van der Waals surface area contributed by atoms with Gasteiger partial charge in [0, 0.05) is 20.3 Å². The van der Waals surface area contributed by atoms with Crippen molar-refractivity contribution in [1.29, 1.82) is 0 Å². The average Bonchev–Trinajstić information content (AvgIpc) is 2.05. The van der Waals surface area contributed by atoms with Crippen molar-refractivity contribution in [2.45, 2.75) is 13.3 Å². The fraction of sp³-hybridized carbons (Fsp3) is 1.00. The number of nitrogens with one attached hydrogen (secondary N) is 1. The Morgan fingerprint density at radius 3 is 2.69 bits per heavy atom. The summed E-state index contributed by atoms with van der Waals surface area (Å²) in [5.74, 6) is 0.629. The molecule has 1 N–H and O–H groups in total. The Bertz CT molecular complexity index is 109. The van der Waals surface area contributed by atoms with Crippen LogP contribution < -0.4 is 5.32 Å². The van der Waals surface area contributed by atoms with Gasteiger partial charge >= 0.3 is 0 Å². The lowest BCUT2D eigenvalue weighted by Gasteiger charge is -2.20. The Balaban J connectivity index is 3.32. The van der Waals surface area contributed by atoms with E-state index in [1.54, 1.807) is 7.11 Å². The van der Waals surface area contributed by atoms with Gasteiger partial charge in [-0.1, -0.05) is 6.92 Å². The number of nitrogens with zero attached hydrogens (tertiary/aromatic N) is 1. The van der Waals surface area contributed by atoms with Gasteiger partial charge in [-0.3, -0.25) is 0 Å². The topological polar surface area (TPSA) is 24.5 Å². The predicted octanol–water partition coefficient (Wildman–Crippen LogP) is 0.810. The van der Waals surface area contributed by atoms with Gasteiger partial charge in [-0.2, -0.15) is 0 Å². The number of ether oxygens (including phenoxy) is 1. The summed E-state index contributed by atoms with van der Waals surface area (Å²) in [6.07, 6.45) is 1.21. The highest BCUT2D eigenvalue weighted by Gasteiger charge is 2.04. The van der Waals surface area contributed by atoms with Gasteiger partial charge in [0.1, 0.15) is 0 Å². The van der Waals surface area contributed by atoms with E-state index in [1.165, 1.54) is 6.42 Å². The molecular weight excluding hydrogens is 164 g/mol. The minimum absolute atomic E-state index is 0.629. The largest absolute Gasteiger partial charge is 0.384 e. The summed E-state index contributed by atoms with van der Waals surface area (Å²) in [6, 6.07) is 0. The highest BCUT2D eigenvalue weighted by molar-refractivity contribution is 4.58. The number of methoxy groups -OCH3 is 1. The van der Waals surface area contributed by atoms with Gasteiger partial charge in [-0.05, 0) is 39.5 Å². The van der Waals surface area contributed by atoms with E-state index in [0.29, 0.717) is 5.92 Å². The summed E-state index contributed by atoms with van der Waals surface area (Å²) >= 11 is 0. The molecule has 0 aromatic rings. The smallest absolute Gasteiger partial charge is 0.0500 e. The van der Waals surface area contributed by atoms with Gasteiger partial charge in [0.15, 0.2) is 0 Å². The van der Waals surface area contributed by atoms with Crippen molar-refractivity contribution in [2.24, 2.45) is 5.92 Å². The minimum Gasteiger partial charge on any atom is -0.384 e. The van der Waals surface area contributed by atoms with Crippen LogP contribution in [0.1, 0.15) is 13.3 Å². The van der Waals surface area contributed by atoms with Crippen molar-refractivity contribution >= 4 is 0 Å². The second-order valence-corrected chi connectivity index (χ2v) is 3.78. The van der Waals surface area contributed by atoms with Gasteiger partial charge in [0.2, 0.25) is 0 Å². The Morgan fingerprint density at radius 2 is 2.15 bits per heavy atom. The Kier molecular flexibility index (Phi) is 8.40. The first-order chi connectivity index (χ1) is 6.20. The summed E-state index contributed by atoms with van der Waals surface area (Å²) in [5.41, 5.74) is 0. The molecule has 0 saturated carbocycles. The van der Waals surface area contributed by atoms with Gasteiger partial charge in [0.05, 0.1) is 0 Å². The molecule has 0 aliphatic carbocycles. The van der Waals surface area contributed by atoms with Gasteiger partial charge in [-0.15, -0.1) is 0 Å². The van der Waals surface area contributed by atoms with Crippen LogP contribution in [-0.2, 0) is 4.74 Å². The highest BCUT2D eigenvalue weighted by atomic mass is 16.5. The average molecular weight is 188 g/mol. The summed E-state index contributed by atoms with van der Waals surface area (Å²) in [5, 5.41) is 3.15. The van der Waals surface area contributed by atoms with E-state index in [9.17, 15) is 0 Å². The van der Waals surface area contributed by atoms with Crippen molar-refractivity contribution in [3.05, 3.63) is 0 Å². The first-order valence-corrected chi connectivity index (χ1v) is 5.02. The third-order valence-corrected chi connectivity index (χ3v) is 2.04. The van der Waals surface area contributed by atoms with Crippen LogP contribution in [0.15, 0.2) is 0 Å². The van der Waals surface area contributed by atoms with Crippen LogP contribution in [0.3, 0.4) is 0 Å². The van der Waals surface area contributed by atoms with Crippen LogP contribution in [0.2, 0.25) is 0 Å². The van der Waals surface area contributed by atoms with Crippen molar-refractivity contribution in [3.8, 4) is 0 Å². The Labute approximate surface area is 82.4 Å². The van der Waals surface area contributed by atoms with E-state index in [0.717, 1.165) is 26.2 Å². The fourth-order valence-corrected chi connectivity index (χ4v) is 1.49. The second-order valence-electron chi connectivity index (χ2n) is 3.78. The van der Waals surface area contributed by atoms with Gasteiger partial charge in [0.25, 0.3) is 0 Å². The Morgan fingerprint density at radius 1 is 1.46 bits per heavy atom. The minimum atomic E-state index is 0.629.